The van der Waals surface area contributed by atoms with Gasteiger partial charge >= 0.3 is 0 Å². The van der Waals surface area contributed by atoms with Crippen molar-refractivity contribution in [2.24, 2.45) is 0 Å². The average molecular weight is 261 g/mol. The predicted molar refractivity (Wildman–Crippen MR) is 73.8 cm³/mol. The number of ether oxygens (including phenoxy) is 2. The monoisotopic (exact) mass is 261 g/mol. The molecule has 0 unspecified atom stereocenters. The van der Waals surface area contributed by atoms with Crippen molar-refractivity contribution in [1.82, 2.24) is 5.32 Å². The molecule has 0 saturated heterocycles. The van der Waals surface area contributed by atoms with Crippen molar-refractivity contribution < 1.29 is 14.3 Å². The minimum absolute atomic E-state index is 0.0489. The number of carbonyl (C=O) groups is 1. The van der Waals surface area contributed by atoms with E-state index in [4.69, 9.17) is 15.9 Å². The lowest BCUT2D eigenvalue weighted by atomic mass is 10.1. The van der Waals surface area contributed by atoms with Crippen molar-refractivity contribution in [2.45, 2.75) is 19.9 Å². The summed E-state index contributed by atoms with van der Waals surface area (Å²) in [5.74, 6) is 3.12. The number of terminal acetylenes is 1. The van der Waals surface area contributed by atoms with Gasteiger partial charge in [-0.3, -0.25) is 4.79 Å². The van der Waals surface area contributed by atoms with Crippen LogP contribution in [-0.4, -0.2) is 26.2 Å². The van der Waals surface area contributed by atoms with Gasteiger partial charge in [-0.2, -0.15) is 0 Å². The number of carbonyl (C=O) groups excluding carboxylic acids is 1. The van der Waals surface area contributed by atoms with Crippen LogP contribution in [0.2, 0.25) is 0 Å². The predicted octanol–water partition coefficient (Wildman–Crippen LogP) is 1.66. The average Bonchev–Trinajstić information content (AvgIpc) is 2.42. The van der Waals surface area contributed by atoms with E-state index in [1.165, 1.54) is 0 Å². The number of aryl methyl sites for hydroxylation is 1. The second-order valence-electron chi connectivity index (χ2n) is 4.08. The van der Waals surface area contributed by atoms with Crippen LogP contribution in [0.15, 0.2) is 18.2 Å². The molecule has 0 aliphatic carbocycles. The summed E-state index contributed by atoms with van der Waals surface area (Å²) < 4.78 is 10.2. The van der Waals surface area contributed by atoms with Gasteiger partial charge in [0, 0.05) is 6.54 Å². The zero-order valence-corrected chi connectivity index (χ0v) is 11.4. The van der Waals surface area contributed by atoms with Gasteiger partial charge in [-0.05, 0) is 30.2 Å². The van der Waals surface area contributed by atoms with E-state index < -0.39 is 0 Å². The summed E-state index contributed by atoms with van der Waals surface area (Å²) in [6.07, 6.45) is 5.35. The Balaban J connectivity index is 2.36. The van der Waals surface area contributed by atoms with Crippen molar-refractivity contribution in [3.8, 4) is 18.1 Å². The molecule has 0 spiro atoms. The Morgan fingerprint density at radius 2 is 2.26 bits per heavy atom. The van der Waals surface area contributed by atoms with Crippen LogP contribution in [-0.2, 0) is 16.1 Å². The molecule has 0 saturated carbocycles. The minimum Gasteiger partial charge on any atom is -0.497 e. The Kier molecular flexibility index (Phi) is 6.48. The van der Waals surface area contributed by atoms with E-state index in [1.54, 1.807) is 7.11 Å². The maximum atomic E-state index is 11.5. The van der Waals surface area contributed by atoms with Crippen LogP contribution in [0.4, 0.5) is 0 Å². The number of hydrogen-bond acceptors (Lipinski definition) is 3. The first-order valence-corrected chi connectivity index (χ1v) is 6.08. The van der Waals surface area contributed by atoms with Crippen LogP contribution in [0.3, 0.4) is 0 Å². The topological polar surface area (TPSA) is 47.6 Å². The van der Waals surface area contributed by atoms with E-state index in [2.05, 4.69) is 11.2 Å². The molecular formula is C15H19NO3. The summed E-state index contributed by atoms with van der Waals surface area (Å²) in [7, 11) is 1.63. The summed E-state index contributed by atoms with van der Waals surface area (Å²) in [5.41, 5.74) is 2.15. The number of methoxy groups -OCH3 is 1. The number of benzene rings is 1. The minimum atomic E-state index is -0.0489. The first-order chi connectivity index (χ1) is 9.17. The molecule has 1 aromatic carbocycles. The van der Waals surface area contributed by atoms with Crippen molar-refractivity contribution in [1.29, 1.82) is 0 Å². The molecule has 0 atom stereocenters. The maximum absolute atomic E-state index is 11.5. The highest BCUT2D eigenvalue weighted by molar-refractivity contribution is 5.76. The van der Waals surface area contributed by atoms with E-state index in [1.807, 2.05) is 25.1 Å². The van der Waals surface area contributed by atoms with Crippen LogP contribution >= 0.6 is 0 Å². The fourth-order valence-corrected chi connectivity index (χ4v) is 1.57. The van der Waals surface area contributed by atoms with Crippen LogP contribution in [0.25, 0.3) is 0 Å². The van der Waals surface area contributed by atoms with Gasteiger partial charge in [0.1, 0.15) is 12.4 Å². The molecular weight excluding hydrogens is 242 g/mol. The molecule has 0 fully saturated rings. The number of hydrogen-bond donors (Lipinski definition) is 1. The molecule has 0 radical (unpaired) electrons. The van der Waals surface area contributed by atoms with Crippen LogP contribution < -0.4 is 10.1 Å². The largest absolute Gasteiger partial charge is 0.497 e. The van der Waals surface area contributed by atoms with E-state index >= 15 is 0 Å². The first-order valence-electron chi connectivity index (χ1n) is 6.08. The fourth-order valence-electron chi connectivity index (χ4n) is 1.57. The molecule has 0 aromatic heterocycles. The highest BCUT2D eigenvalue weighted by atomic mass is 16.5. The highest BCUT2D eigenvalue weighted by Crippen LogP contribution is 2.16. The molecule has 1 rings (SSSR count). The number of amides is 1. The highest BCUT2D eigenvalue weighted by Gasteiger charge is 2.04. The normalized spacial score (nSPS) is 9.74. The summed E-state index contributed by atoms with van der Waals surface area (Å²) in [5, 5.41) is 2.84. The molecule has 19 heavy (non-hydrogen) atoms. The molecule has 0 aliphatic rings. The SMILES string of the molecule is C#CCOCCC(=O)NCc1ccc(OC)cc1C. The van der Waals surface area contributed by atoms with Crippen molar-refractivity contribution >= 4 is 5.91 Å². The Bertz CT molecular complexity index is 463. The van der Waals surface area contributed by atoms with Gasteiger partial charge in [-0.25, -0.2) is 0 Å². The fraction of sp³-hybridized carbons (Fsp3) is 0.400. The summed E-state index contributed by atoms with van der Waals surface area (Å²) in [6.45, 7) is 3.08. The van der Waals surface area contributed by atoms with Crippen LogP contribution in [0, 0.1) is 19.3 Å². The molecule has 4 heteroatoms. The molecule has 4 nitrogen and oxygen atoms in total. The van der Waals surface area contributed by atoms with Gasteiger partial charge in [0.25, 0.3) is 0 Å². The third-order valence-corrected chi connectivity index (χ3v) is 2.68. The third-order valence-electron chi connectivity index (χ3n) is 2.68. The van der Waals surface area contributed by atoms with E-state index in [0.717, 1.165) is 16.9 Å². The smallest absolute Gasteiger partial charge is 0.222 e. The molecule has 0 aliphatic heterocycles. The lowest BCUT2D eigenvalue weighted by Crippen LogP contribution is -2.24. The zero-order valence-electron chi connectivity index (χ0n) is 11.4. The Morgan fingerprint density at radius 3 is 2.89 bits per heavy atom. The lowest BCUT2D eigenvalue weighted by molar-refractivity contribution is -0.122. The molecule has 102 valence electrons. The standard InChI is InChI=1S/C15H19NO3/c1-4-8-19-9-7-15(17)16-11-13-5-6-14(18-3)10-12(13)2/h1,5-6,10H,7-9,11H2,2-3H3,(H,16,17). The van der Waals surface area contributed by atoms with Gasteiger partial charge in [0.15, 0.2) is 0 Å². The second kappa shape index (κ2) is 8.17. The molecule has 0 heterocycles. The third kappa shape index (κ3) is 5.45. The van der Waals surface area contributed by atoms with Gasteiger partial charge < -0.3 is 14.8 Å². The Hall–Kier alpha value is -1.99. The van der Waals surface area contributed by atoms with Crippen LogP contribution in [0.5, 0.6) is 5.75 Å². The quantitative estimate of drug-likeness (QED) is 0.600. The van der Waals surface area contributed by atoms with Crippen LogP contribution in [0.1, 0.15) is 17.5 Å². The summed E-state index contributed by atoms with van der Waals surface area (Å²) in [6, 6.07) is 5.77. The number of nitrogens with one attached hydrogen (secondary N) is 1. The molecule has 0 bridgehead atoms. The van der Waals surface area contributed by atoms with Crippen molar-refractivity contribution in [2.75, 3.05) is 20.3 Å². The molecule has 1 N–H and O–H groups in total. The van der Waals surface area contributed by atoms with Crippen molar-refractivity contribution in [3.63, 3.8) is 0 Å². The van der Waals surface area contributed by atoms with E-state index in [9.17, 15) is 4.79 Å². The second-order valence-corrected chi connectivity index (χ2v) is 4.08. The number of rotatable bonds is 7. The zero-order chi connectivity index (χ0) is 14.1. The van der Waals surface area contributed by atoms with Crippen molar-refractivity contribution in [3.05, 3.63) is 29.3 Å². The lowest BCUT2D eigenvalue weighted by Gasteiger charge is -2.09. The molecule has 1 aromatic rings. The van der Waals surface area contributed by atoms with Gasteiger partial charge in [0.2, 0.25) is 5.91 Å². The Labute approximate surface area is 114 Å². The summed E-state index contributed by atoms with van der Waals surface area (Å²) in [4.78, 5) is 11.5. The Morgan fingerprint density at radius 1 is 1.47 bits per heavy atom. The van der Waals surface area contributed by atoms with Gasteiger partial charge in [0.05, 0.1) is 20.1 Å². The maximum Gasteiger partial charge on any atom is 0.222 e. The van der Waals surface area contributed by atoms with Gasteiger partial charge in [-0.1, -0.05) is 12.0 Å². The first kappa shape index (κ1) is 15.1. The molecule has 1 amide bonds. The van der Waals surface area contributed by atoms with Gasteiger partial charge in [-0.15, -0.1) is 6.42 Å². The van der Waals surface area contributed by atoms with E-state index in [-0.39, 0.29) is 12.5 Å². The van der Waals surface area contributed by atoms with E-state index in [0.29, 0.717) is 19.6 Å². The summed E-state index contributed by atoms with van der Waals surface area (Å²) >= 11 is 0.